The average molecular weight is 241 g/mol. The summed E-state index contributed by atoms with van der Waals surface area (Å²) >= 11 is 0. The largest absolute Gasteiger partial charge is 0.459 e. The molecular weight excluding hydrogens is 225 g/mol. The topological polar surface area (TPSA) is 48.4 Å². The molecule has 94 valence electrons. The molecule has 0 amide bonds. The van der Waals surface area contributed by atoms with E-state index in [4.69, 9.17) is 9.47 Å². The van der Waals surface area contributed by atoms with Crippen molar-refractivity contribution in [1.29, 1.82) is 0 Å². The minimum atomic E-state index is -0.696. The maximum atomic E-state index is 12.7. The Labute approximate surface area is 99.8 Å². The summed E-state index contributed by atoms with van der Waals surface area (Å²) in [6.07, 6.45) is 2.05. The molecule has 0 aromatic carbocycles. The van der Waals surface area contributed by atoms with Crippen LogP contribution in [-0.4, -0.2) is 30.8 Å². The summed E-state index contributed by atoms with van der Waals surface area (Å²) in [7, 11) is 0. The zero-order valence-corrected chi connectivity index (χ0v) is 9.82. The van der Waals surface area contributed by atoms with Gasteiger partial charge in [0.1, 0.15) is 6.61 Å². The maximum absolute atomic E-state index is 12.7. The third-order valence-corrected chi connectivity index (χ3v) is 2.03. The van der Waals surface area contributed by atoms with E-state index in [-0.39, 0.29) is 12.3 Å². The van der Waals surface area contributed by atoms with E-state index >= 15 is 0 Å². The van der Waals surface area contributed by atoms with Crippen molar-refractivity contribution in [1.82, 2.24) is 4.98 Å². The molecule has 4 nitrogen and oxygen atoms in total. The lowest BCUT2D eigenvalue weighted by Crippen LogP contribution is -2.12. The molecule has 1 rings (SSSR count). The number of ether oxygens (including phenoxy) is 2. The average Bonchev–Trinajstić information content (AvgIpc) is 2.33. The van der Waals surface area contributed by atoms with Gasteiger partial charge in [-0.05, 0) is 18.6 Å². The van der Waals surface area contributed by atoms with Gasteiger partial charge in [-0.15, -0.1) is 0 Å². The fourth-order valence-corrected chi connectivity index (χ4v) is 1.14. The molecule has 0 aliphatic heterocycles. The van der Waals surface area contributed by atoms with Gasteiger partial charge >= 0.3 is 5.97 Å². The van der Waals surface area contributed by atoms with E-state index in [1.807, 2.05) is 0 Å². The second-order valence-electron chi connectivity index (χ2n) is 3.45. The molecule has 1 aromatic rings. The van der Waals surface area contributed by atoms with Crippen molar-refractivity contribution in [2.75, 3.05) is 19.8 Å². The van der Waals surface area contributed by atoms with Crippen LogP contribution in [0.2, 0.25) is 0 Å². The van der Waals surface area contributed by atoms with Gasteiger partial charge in [0.25, 0.3) is 0 Å². The Balaban J connectivity index is 2.21. The van der Waals surface area contributed by atoms with Crippen LogP contribution in [0.3, 0.4) is 0 Å². The molecule has 0 N–H and O–H groups in total. The number of nitrogens with zero attached hydrogens (tertiary/aromatic N) is 1. The first kappa shape index (κ1) is 13.6. The summed E-state index contributed by atoms with van der Waals surface area (Å²) in [5, 5.41) is 0. The van der Waals surface area contributed by atoms with Gasteiger partial charge < -0.3 is 9.47 Å². The van der Waals surface area contributed by atoms with Gasteiger partial charge in [-0.3, -0.25) is 0 Å². The zero-order valence-electron chi connectivity index (χ0n) is 9.82. The highest BCUT2D eigenvalue weighted by Gasteiger charge is 2.08. The molecule has 0 atom stereocenters. The number of hydrogen-bond donors (Lipinski definition) is 0. The Kier molecular flexibility index (Phi) is 6.17. The van der Waals surface area contributed by atoms with Gasteiger partial charge in [0.2, 0.25) is 5.95 Å². The molecule has 0 bridgehead atoms. The van der Waals surface area contributed by atoms with Gasteiger partial charge in [0.05, 0.1) is 6.61 Å². The van der Waals surface area contributed by atoms with Crippen LogP contribution in [0.5, 0.6) is 0 Å². The SMILES string of the molecule is CCCCOCCOC(=O)c1cccc(F)n1. The number of esters is 1. The molecule has 0 fully saturated rings. The summed E-state index contributed by atoms with van der Waals surface area (Å²) in [6, 6.07) is 3.99. The lowest BCUT2D eigenvalue weighted by atomic mass is 10.3. The van der Waals surface area contributed by atoms with Crippen LogP contribution in [0.25, 0.3) is 0 Å². The molecule has 0 saturated carbocycles. The fourth-order valence-electron chi connectivity index (χ4n) is 1.14. The van der Waals surface area contributed by atoms with E-state index in [0.717, 1.165) is 12.8 Å². The second-order valence-corrected chi connectivity index (χ2v) is 3.45. The predicted octanol–water partition coefficient (Wildman–Crippen LogP) is 2.19. The number of unbranched alkanes of at least 4 members (excludes halogenated alkanes) is 1. The van der Waals surface area contributed by atoms with Crippen molar-refractivity contribution in [3.8, 4) is 0 Å². The smallest absolute Gasteiger partial charge is 0.357 e. The van der Waals surface area contributed by atoms with Crippen LogP contribution >= 0.6 is 0 Å². The number of aromatic nitrogens is 1. The number of carbonyl (C=O) groups excluding carboxylic acids is 1. The molecule has 0 saturated heterocycles. The third kappa shape index (κ3) is 5.40. The van der Waals surface area contributed by atoms with Gasteiger partial charge in [-0.25, -0.2) is 9.78 Å². The lowest BCUT2D eigenvalue weighted by molar-refractivity contribution is 0.0307. The Morgan fingerprint density at radius 2 is 2.18 bits per heavy atom. The minimum Gasteiger partial charge on any atom is -0.459 e. The van der Waals surface area contributed by atoms with Crippen LogP contribution in [0.4, 0.5) is 4.39 Å². The molecule has 0 radical (unpaired) electrons. The van der Waals surface area contributed by atoms with Crippen LogP contribution in [0.1, 0.15) is 30.3 Å². The van der Waals surface area contributed by atoms with Crippen LogP contribution in [0, 0.1) is 5.95 Å². The van der Waals surface area contributed by atoms with Crippen LogP contribution in [-0.2, 0) is 9.47 Å². The first-order valence-electron chi connectivity index (χ1n) is 5.61. The van der Waals surface area contributed by atoms with E-state index in [9.17, 15) is 9.18 Å². The summed E-state index contributed by atoms with van der Waals surface area (Å²) < 4.78 is 22.8. The van der Waals surface area contributed by atoms with E-state index in [1.165, 1.54) is 18.2 Å². The highest BCUT2D eigenvalue weighted by molar-refractivity contribution is 5.87. The molecule has 1 aromatic heterocycles. The highest BCUT2D eigenvalue weighted by Crippen LogP contribution is 2.00. The predicted molar refractivity (Wildman–Crippen MR) is 60.2 cm³/mol. The Morgan fingerprint density at radius 1 is 1.35 bits per heavy atom. The molecule has 1 heterocycles. The number of halogens is 1. The number of hydrogen-bond acceptors (Lipinski definition) is 4. The summed E-state index contributed by atoms with van der Waals surface area (Å²) in [4.78, 5) is 14.8. The first-order valence-corrected chi connectivity index (χ1v) is 5.61. The minimum absolute atomic E-state index is 0.0291. The van der Waals surface area contributed by atoms with Gasteiger partial charge in [-0.2, -0.15) is 4.39 Å². The Morgan fingerprint density at radius 3 is 2.88 bits per heavy atom. The van der Waals surface area contributed by atoms with Crippen molar-refractivity contribution >= 4 is 5.97 Å². The van der Waals surface area contributed by atoms with E-state index in [1.54, 1.807) is 0 Å². The molecule has 0 aliphatic rings. The monoisotopic (exact) mass is 241 g/mol. The second kappa shape index (κ2) is 7.73. The highest BCUT2D eigenvalue weighted by atomic mass is 19.1. The Hall–Kier alpha value is -1.49. The maximum Gasteiger partial charge on any atom is 0.357 e. The zero-order chi connectivity index (χ0) is 12.5. The lowest BCUT2D eigenvalue weighted by Gasteiger charge is -2.05. The summed E-state index contributed by atoms with van der Waals surface area (Å²) in [5.41, 5.74) is -0.0291. The Bertz CT molecular complexity index is 357. The van der Waals surface area contributed by atoms with Crippen molar-refractivity contribution in [2.45, 2.75) is 19.8 Å². The number of pyridine rings is 1. The quantitative estimate of drug-likeness (QED) is 0.417. The van der Waals surface area contributed by atoms with E-state index < -0.39 is 11.9 Å². The molecule has 17 heavy (non-hydrogen) atoms. The van der Waals surface area contributed by atoms with Crippen LogP contribution in [0.15, 0.2) is 18.2 Å². The molecule has 0 aliphatic carbocycles. The van der Waals surface area contributed by atoms with Gasteiger partial charge in [-0.1, -0.05) is 19.4 Å². The number of carbonyl (C=O) groups is 1. The van der Waals surface area contributed by atoms with Crippen molar-refractivity contribution in [3.63, 3.8) is 0 Å². The van der Waals surface area contributed by atoms with Gasteiger partial charge in [0, 0.05) is 6.61 Å². The number of rotatable bonds is 7. The third-order valence-electron chi connectivity index (χ3n) is 2.03. The van der Waals surface area contributed by atoms with Crippen molar-refractivity contribution < 1.29 is 18.7 Å². The summed E-state index contributed by atoms with van der Waals surface area (Å²) in [6.45, 7) is 3.23. The molecular formula is C12H16FNO3. The van der Waals surface area contributed by atoms with E-state index in [0.29, 0.717) is 13.2 Å². The van der Waals surface area contributed by atoms with Crippen molar-refractivity contribution in [3.05, 3.63) is 29.8 Å². The fraction of sp³-hybridized carbons (Fsp3) is 0.500. The standard InChI is InChI=1S/C12H16FNO3/c1-2-3-7-16-8-9-17-12(15)10-5-4-6-11(13)14-10/h4-6H,2-3,7-9H2,1H3. The van der Waals surface area contributed by atoms with Gasteiger partial charge in [0.15, 0.2) is 5.69 Å². The van der Waals surface area contributed by atoms with Crippen molar-refractivity contribution in [2.24, 2.45) is 0 Å². The normalized spacial score (nSPS) is 10.2. The van der Waals surface area contributed by atoms with E-state index in [2.05, 4.69) is 11.9 Å². The summed E-state index contributed by atoms with van der Waals surface area (Å²) in [5.74, 6) is -1.33. The molecule has 0 spiro atoms. The molecule has 5 heteroatoms. The van der Waals surface area contributed by atoms with Crippen LogP contribution < -0.4 is 0 Å². The first-order chi connectivity index (χ1) is 8.24. The molecule has 0 unspecified atom stereocenters.